The number of allylic oxidation sites excluding steroid dienone is 6. The normalized spacial score (nSPS) is 12.0. The predicted molar refractivity (Wildman–Crippen MR) is 506 cm³/mol. The minimum absolute atomic E-state index is 0. The molecule has 0 bridgehead atoms. The number of aliphatic hydroxyl groups excluding tert-OH is 3. The van der Waals surface area contributed by atoms with Gasteiger partial charge in [-0.25, -0.2) is 0 Å². The Hall–Kier alpha value is -9.39. The summed E-state index contributed by atoms with van der Waals surface area (Å²) in [5, 5.41) is 38.2. The minimum Gasteiger partial charge on any atom is -0.512 e. The molecule has 0 aliphatic heterocycles. The summed E-state index contributed by atoms with van der Waals surface area (Å²) in [5.74, 6) is 2.15. The second-order valence-corrected chi connectivity index (χ2v) is 38.2. The SMILES string of the molecule is CC(=O)C=C(C)O.CC(C)(C)C(=O)C=C(O)C(C)(C)C.CC(C)CC(=O)C=C(O)CC(C)C.Cc1[c-]c(-c2cc(C(C)(C)C)c3cc4c(cc3n2)sc2ccccc24)cc(C)c1.Cc1[c-]c(-c2cc(CC(C)C)c3cc4c(cc3n2)oc2ccccc24)cc(C)c1.Cc1[c-]c(-c2cc(CC(C)C)c3cc4c(cc3n2)oc2ccccc24)cc(C)c1.[Ir].[Ir].[Ir]. The molecule has 6 heterocycles. The standard InChI is InChI=1S/2C27H24NO.C27H24NS.2C11H20O2.C5H8O2.3Ir/c2*1-16(2)9-19-13-24(20-11-17(3)10-18(4)12-20)28-25-15-27-23(14-22(19)25)21-7-5-6-8-26(21)29-27;1-16-10-17(2)12-18(11-16)23-14-22(27(3,4)5)21-13-20-19-8-6-7-9-25(19)29-26(20)15-24(21)28-23;1-10(2,3)8(12)7-9(13)11(4,5)6;1-8(2)5-10(12)7-11(13)6-9(3)4;1-4(6)3-5(2)7;;;/h2*5-8,10-11,13-16H,9H2,1-4H3;6-11,13-15H,1-5H3;7,12H,1-6H3;7-9,12H,5-6H2,1-4H3;3,6H,1-2H3;;;/q3*-1;;;;;;. The van der Waals surface area contributed by atoms with Crippen LogP contribution >= 0.6 is 11.3 Å². The average Bonchev–Trinajstić information content (AvgIpc) is 1.67. The fourth-order valence-corrected chi connectivity index (χ4v) is 15.9. The van der Waals surface area contributed by atoms with Crippen molar-refractivity contribution in [3.63, 3.8) is 0 Å². The number of carbonyl (C=O) groups excluding carboxylic acids is 3. The topological polar surface area (TPSA) is 177 Å². The van der Waals surface area contributed by atoms with E-state index in [1.165, 1.54) is 102 Å². The first-order valence-electron chi connectivity index (χ1n) is 41.9. The van der Waals surface area contributed by atoms with E-state index in [-0.39, 0.29) is 106 Å². The van der Waals surface area contributed by atoms with Crippen LogP contribution in [-0.4, -0.2) is 47.6 Å². The van der Waals surface area contributed by atoms with Gasteiger partial charge in [0.05, 0.1) is 28.1 Å². The number of hydrogen-bond acceptors (Lipinski definition) is 12. The zero-order valence-electron chi connectivity index (χ0n) is 76.1. The number of rotatable bonds is 14. The summed E-state index contributed by atoms with van der Waals surface area (Å²) in [5.41, 5.74) is 23.2. The molecule has 0 unspecified atom stereocenters. The molecule has 0 fully saturated rings. The van der Waals surface area contributed by atoms with Crippen molar-refractivity contribution in [2.75, 3.05) is 0 Å². The van der Waals surface area contributed by atoms with Crippen molar-refractivity contribution >= 4 is 125 Å². The van der Waals surface area contributed by atoms with Crippen LogP contribution in [0.15, 0.2) is 208 Å². The van der Waals surface area contributed by atoms with Gasteiger partial charge in [0.1, 0.15) is 28.1 Å². The number of benzene rings is 9. The molecule has 15 rings (SSSR count). The molecule has 0 saturated heterocycles. The largest absolute Gasteiger partial charge is 0.512 e. The second kappa shape index (κ2) is 43.0. The van der Waals surface area contributed by atoms with Crippen LogP contribution in [0.5, 0.6) is 0 Å². The zero-order chi connectivity index (χ0) is 87.7. The number of furan rings is 2. The van der Waals surface area contributed by atoms with Gasteiger partial charge in [-0.2, -0.15) is 0 Å². The quantitative estimate of drug-likeness (QED) is 0.0536. The Kier molecular flexibility index (Phi) is 35.2. The molecule has 3 radical (unpaired) electrons. The Bertz CT molecular complexity index is 6130. The summed E-state index contributed by atoms with van der Waals surface area (Å²) in [4.78, 5) is 47.9. The summed E-state index contributed by atoms with van der Waals surface area (Å²) in [7, 11) is 0. The van der Waals surface area contributed by atoms with Crippen molar-refractivity contribution in [1.29, 1.82) is 0 Å². The molecule has 0 atom stereocenters. The summed E-state index contributed by atoms with van der Waals surface area (Å²) in [6, 6.07) is 68.7. The molecule has 11 nitrogen and oxygen atoms in total. The van der Waals surface area contributed by atoms with E-state index in [0.29, 0.717) is 36.5 Å². The monoisotopic (exact) mass is 2200 g/mol. The van der Waals surface area contributed by atoms with E-state index in [4.69, 9.17) is 28.9 Å². The maximum absolute atomic E-state index is 11.5. The molecule has 15 aromatic rings. The molecule has 3 N–H and O–H groups in total. The second-order valence-electron chi connectivity index (χ2n) is 37.1. The molecular weight excluding hydrogens is 2080 g/mol. The number of fused-ring (bicyclic) bond motifs is 12. The Morgan fingerprint density at radius 3 is 1.18 bits per heavy atom. The Balaban J connectivity index is 0.000000213. The number of hydrogen-bond donors (Lipinski definition) is 3. The third-order valence-electron chi connectivity index (χ3n) is 20.2. The molecule has 0 aliphatic carbocycles. The number of thiophene rings is 1. The van der Waals surface area contributed by atoms with E-state index in [9.17, 15) is 24.6 Å². The number of aryl methyl sites for hydroxylation is 6. The Morgan fingerprint density at radius 1 is 0.407 bits per heavy atom. The van der Waals surface area contributed by atoms with Crippen molar-refractivity contribution in [3.05, 3.63) is 268 Å². The molecule has 123 heavy (non-hydrogen) atoms. The van der Waals surface area contributed by atoms with Crippen LogP contribution in [0.1, 0.15) is 194 Å². The zero-order valence-corrected chi connectivity index (χ0v) is 84.1. The molecule has 9 aromatic carbocycles. The van der Waals surface area contributed by atoms with Crippen molar-refractivity contribution < 1.29 is 98.9 Å². The first kappa shape index (κ1) is 101. The van der Waals surface area contributed by atoms with E-state index in [1.54, 1.807) is 0 Å². The molecular formula is C108H120Ir3N3O8S-3. The van der Waals surface area contributed by atoms with Crippen molar-refractivity contribution in [3.8, 4) is 33.8 Å². The van der Waals surface area contributed by atoms with Crippen LogP contribution in [0.2, 0.25) is 0 Å². The predicted octanol–water partition coefficient (Wildman–Crippen LogP) is 30.0. The minimum atomic E-state index is -0.417. The number of carbonyl (C=O) groups is 3. The molecule has 0 amide bonds. The van der Waals surface area contributed by atoms with Gasteiger partial charge in [-0.3, -0.25) is 29.3 Å². The fourth-order valence-electron chi connectivity index (χ4n) is 14.8. The fraction of sp³-hybridized carbons (Fsp3) is 0.333. The van der Waals surface area contributed by atoms with Crippen LogP contribution in [0.25, 0.3) is 131 Å². The van der Waals surface area contributed by atoms with Crippen LogP contribution in [0, 0.1) is 94.2 Å². The number of ketones is 3. The number of aliphatic hydroxyl groups is 3. The summed E-state index contributed by atoms with van der Waals surface area (Å²) in [6.45, 7) is 50.5. The van der Waals surface area contributed by atoms with Gasteiger partial charge in [-0.1, -0.05) is 232 Å². The summed E-state index contributed by atoms with van der Waals surface area (Å²) < 4.78 is 14.9. The molecule has 6 aromatic heterocycles. The van der Waals surface area contributed by atoms with Gasteiger partial charge in [0.15, 0.2) is 17.3 Å². The molecule has 0 spiro atoms. The number of pyridine rings is 3. The van der Waals surface area contributed by atoms with Gasteiger partial charge in [-0.15, -0.1) is 116 Å². The van der Waals surface area contributed by atoms with Gasteiger partial charge in [-0.05, 0) is 132 Å². The summed E-state index contributed by atoms with van der Waals surface area (Å²) in [6.07, 6.45) is 6.99. The molecule has 0 aliphatic rings. The Morgan fingerprint density at radius 2 is 0.805 bits per heavy atom. The van der Waals surface area contributed by atoms with E-state index in [0.717, 1.165) is 124 Å². The average molecular weight is 2200 g/mol. The molecule has 651 valence electrons. The summed E-state index contributed by atoms with van der Waals surface area (Å²) >= 11 is 1.85. The van der Waals surface area contributed by atoms with E-state index in [2.05, 4.69) is 248 Å². The number of para-hydroxylation sites is 2. The maximum atomic E-state index is 11.5. The van der Waals surface area contributed by atoms with Gasteiger partial charge in [0.25, 0.3) is 0 Å². The van der Waals surface area contributed by atoms with Crippen LogP contribution < -0.4 is 0 Å². The van der Waals surface area contributed by atoms with Gasteiger partial charge in [0.2, 0.25) is 0 Å². The maximum Gasteiger partial charge on any atom is 0.164 e. The molecule has 15 heteroatoms. The van der Waals surface area contributed by atoms with Gasteiger partial charge < -0.3 is 24.2 Å². The van der Waals surface area contributed by atoms with Crippen LogP contribution in [-0.2, 0) is 93.0 Å². The third kappa shape index (κ3) is 27.1. The van der Waals surface area contributed by atoms with Gasteiger partial charge >= 0.3 is 0 Å². The van der Waals surface area contributed by atoms with Crippen molar-refractivity contribution in [2.45, 2.75) is 204 Å². The van der Waals surface area contributed by atoms with Crippen molar-refractivity contribution in [2.24, 2.45) is 34.5 Å². The molecule has 0 saturated carbocycles. The number of aromatic nitrogens is 3. The van der Waals surface area contributed by atoms with E-state index < -0.39 is 5.41 Å². The van der Waals surface area contributed by atoms with Crippen molar-refractivity contribution in [1.82, 2.24) is 15.0 Å². The number of nitrogens with zero attached hydrogens (tertiary/aromatic N) is 3. The first-order valence-corrected chi connectivity index (χ1v) is 42.7. The Labute approximate surface area is 772 Å². The van der Waals surface area contributed by atoms with E-state index >= 15 is 0 Å². The first-order chi connectivity index (χ1) is 56.3. The third-order valence-corrected chi connectivity index (χ3v) is 21.3. The van der Waals surface area contributed by atoms with Crippen LogP contribution in [0.4, 0.5) is 0 Å². The van der Waals surface area contributed by atoms with E-state index in [1.807, 2.05) is 105 Å². The van der Waals surface area contributed by atoms with Crippen LogP contribution in [0.3, 0.4) is 0 Å². The van der Waals surface area contributed by atoms with Gasteiger partial charge in [0, 0.05) is 172 Å². The smallest absolute Gasteiger partial charge is 0.164 e.